The molecular weight excluding hydrogens is 234 g/mol. The van der Waals surface area contributed by atoms with E-state index in [4.69, 9.17) is 0 Å². The number of phenols is 1. The molecule has 0 amide bonds. The molecule has 1 aliphatic rings. The van der Waals surface area contributed by atoms with E-state index in [1.54, 1.807) is 6.07 Å². The molecule has 2 nitrogen and oxygen atoms in total. The van der Waals surface area contributed by atoms with Crippen molar-refractivity contribution in [3.05, 3.63) is 42.0 Å². The molecule has 2 N–H and O–H groups in total. The second kappa shape index (κ2) is 4.86. The van der Waals surface area contributed by atoms with Gasteiger partial charge in [0.05, 0.1) is 0 Å². The normalized spacial score (nSPS) is 17.3. The van der Waals surface area contributed by atoms with E-state index in [9.17, 15) is 5.11 Å². The van der Waals surface area contributed by atoms with Crippen molar-refractivity contribution in [2.45, 2.75) is 32.7 Å². The minimum Gasteiger partial charge on any atom is -0.508 e. The van der Waals surface area contributed by atoms with E-state index in [1.165, 1.54) is 24.6 Å². The lowest BCUT2D eigenvalue weighted by Gasteiger charge is -2.38. The molecule has 0 spiro atoms. The summed E-state index contributed by atoms with van der Waals surface area (Å²) in [4.78, 5) is 0. The van der Waals surface area contributed by atoms with Crippen LogP contribution in [0, 0.1) is 5.41 Å². The van der Waals surface area contributed by atoms with Gasteiger partial charge in [0, 0.05) is 18.7 Å². The van der Waals surface area contributed by atoms with Crippen LogP contribution in [0.1, 0.15) is 31.7 Å². The Balaban J connectivity index is 1.78. The van der Waals surface area contributed by atoms with Crippen molar-refractivity contribution in [2.24, 2.45) is 5.41 Å². The van der Waals surface area contributed by atoms with Crippen LogP contribution >= 0.6 is 0 Å². The van der Waals surface area contributed by atoms with Crippen molar-refractivity contribution < 1.29 is 5.11 Å². The number of nitrogens with one attached hydrogen (secondary N) is 1. The van der Waals surface area contributed by atoms with Gasteiger partial charge in [-0.1, -0.05) is 43.7 Å². The van der Waals surface area contributed by atoms with Crippen LogP contribution in [0.2, 0.25) is 0 Å². The number of aromatic hydroxyl groups is 1. The third-order valence-electron chi connectivity index (χ3n) is 4.43. The van der Waals surface area contributed by atoms with E-state index >= 15 is 0 Å². The van der Waals surface area contributed by atoms with Crippen LogP contribution in [0.3, 0.4) is 0 Å². The van der Waals surface area contributed by atoms with Gasteiger partial charge in [0.2, 0.25) is 0 Å². The fraction of sp³-hybridized carbons (Fsp3) is 0.412. The molecule has 1 fully saturated rings. The molecule has 0 aliphatic heterocycles. The van der Waals surface area contributed by atoms with Crippen LogP contribution in [-0.2, 0) is 6.54 Å². The molecule has 0 atom stereocenters. The van der Waals surface area contributed by atoms with E-state index in [1.807, 2.05) is 18.2 Å². The predicted molar refractivity (Wildman–Crippen MR) is 79.3 cm³/mol. The first-order valence-electron chi connectivity index (χ1n) is 7.08. The Hall–Kier alpha value is -1.54. The van der Waals surface area contributed by atoms with Crippen molar-refractivity contribution in [2.75, 3.05) is 6.54 Å². The van der Waals surface area contributed by atoms with E-state index < -0.39 is 0 Å². The van der Waals surface area contributed by atoms with Crippen molar-refractivity contribution >= 4 is 10.8 Å². The molecule has 0 unspecified atom stereocenters. The number of hydrogen-bond donors (Lipinski definition) is 2. The topological polar surface area (TPSA) is 32.3 Å². The minimum atomic E-state index is 0.393. The molecule has 1 saturated carbocycles. The zero-order valence-electron chi connectivity index (χ0n) is 11.4. The first-order valence-corrected chi connectivity index (χ1v) is 7.08. The van der Waals surface area contributed by atoms with Crippen molar-refractivity contribution in [1.82, 2.24) is 5.32 Å². The Morgan fingerprint density at radius 3 is 2.68 bits per heavy atom. The average molecular weight is 255 g/mol. The van der Waals surface area contributed by atoms with Crippen LogP contribution in [0.25, 0.3) is 10.8 Å². The molecule has 2 aromatic carbocycles. The molecule has 0 bridgehead atoms. The fourth-order valence-corrected chi connectivity index (χ4v) is 2.96. The van der Waals surface area contributed by atoms with Crippen LogP contribution in [0.15, 0.2) is 36.4 Å². The third kappa shape index (κ3) is 2.45. The van der Waals surface area contributed by atoms with Gasteiger partial charge in [-0.25, -0.2) is 0 Å². The molecular formula is C17H21NO. The lowest BCUT2D eigenvalue weighted by molar-refractivity contribution is 0.156. The van der Waals surface area contributed by atoms with Gasteiger partial charge < -0.3 is 10.4 Å². The Morgan fingerprint density at radius 2 is 1.95 bits per heavy atom. The van der Waals surface area contributed by atoms with Gasteiger partial charge in [-0.15, -0.1) is 0 Å². The van der Waals surface area contributed by atoms with Gasteiger partial charge in [-0.3, -0.25) is 0 Å². The Bertz CT molecular complexity index is 587. The van der Waals surface area contributed by atoms with Gasteiger partial charge in [-0.05, 0) is 35.1 Å². The Morgan fingerprint density at radius 1 is 1.16 bits per heavy atom. The monoisotopic (exact) mass is 255 g/mol. The standard InChI is InChI=1S/C17H21NO/c1-17(9-4-10-17)12-18-11-15-14-6-3-2-5-13(14)7-8-16(15)19/h2-3,5-8,18-19H,4,9-12H2,1H3. The zero-order valence-corrected chi connectivity index (χ0v) is 11.4. The van der Waals surface area contributed by atoms with E-state index in [0.29, 0.717) is 11.2 Å². The average Bonchev–Trinajstić information content (AvgIpc) is 2.39. The highest BCUT2D eigenvalue weighted by Crippen LogP contribution is 2.39. The van der Waals surface area contributed by atoms with E-state index in [-0.39, 0.29) is 0 Å². The van der Waals surface area contributed by atoms with Crippen molar-refractivity contribution in [3.8, 4) is 5.75 Å². The van der Waals surface area contributed by atoms with Crippen LogP contribution in [0.4, 0.5) is 0 Å². The minimum absolute atomic E-state index is 0.393. The molecule has 19 heavy (non-hydrogen) atoms. The molecule has 100 valence electrons. The second-order valence-electron chi connectivity index (χ2n) is 6.05. The number of benzene rings is 2. The largest absolute Gasteiger partial charge is 0.508 e. The summed E-state index contributed by atoms with van der Waals surface area (Å²) in [7, 11) is 0. The summed E-state index contributed by atoms with van der Waals surface area (Å²) in [5.74, 6) is 0.393. The van der Waals surface area contributed by atoms with Gasteiger partial charge in [0.1, 0.15) is 5.75 Å². The maximum atomic E-state index is 10.1. The molecule has 0 aromatic heterocycles. The summed E-state index contributed by atoms with van der Waals surface area (Å²) in [6.45, 7) is 4.12. The molecule has 0 radical (unpaired) electrons. The van der Waals surface area contributed by atoms with Crippen LogP contribution in [-0.4, -0.2) is 11.7 Å². The number of fused-ring (bicyclic) bond motifs is 1. The predicted octanol–water partition coefficient (Wildman–Crippen LogP) is 3.83. The Labute approximate surface area is 114 Å². The molecule has 0 heterocycles. The molecule has 1 aliphatic carbocycles. The van der Waals surface area contributed by atoms with Gasteiger partial charge in [0.15, 0.2) is 0 Å². The van der Waals surface area contributed by atoms with Crippen LogP contribution < -0.4 is 5.32 Å². The summed E-state index contributed by atoms with van der Waals surface area (Å²) >= 11 is 0. The van der Waals surface area contributed by atoms with Crippen molar-refractivity contribution in [1.29, 1.82) is 0 Å². The smallest absolute Gasteiger partial charge is 0.120 e. The second-order valence-corrected chi connectivity index (χ2v) is 6.05. The number of phenolic OH excluding ortho intramolecular Hbond substituents is 1. The SMILES string of the molecule is CC1(CNCc2c(O)ccc3ccccc23)CCC1. The highest BCUT2D eigenvalue weighted by Gasteiger charge is 2.30. The lowest BCUT2D eigenvalue weighted by Crippen LogP contribution is -2.37. The summed E-state index contributed by atoms with van der Waals surface area (Å²) in [6.07, 6.45) is 4.00. The molecule has 2 aromatic rings. The third-order valence-corrected chi connectivity index (χ3v) is 4.43. The first-order chi connectivity index (χ1) is 9.18. The fourth-order valence-electron chi connectivity index (χ4n) is 2.96. The summed E-state index contributed by atoms with van der Waals surface area (Å²) < 4.78 is 0. The highest BCUT2D eigenvalue weighted by atomic mass is 16.3. The first kappa shape index (κ1) is 12.5. The van der Waals surface area contributed by atoms with E-state index in [2.05, 4.69) is 24.4 Å². The Kier molecular flexibility index (Phi) is 3.19. The van der Waals surface area contributed by atoms with Gasteiger partial charge in [0.25, 0.3) is 0 Å². The quantitative estimate of drug-likeness (QED) is 0.870. The lowest BCUT2D eigenvalue weighted by atomic mass is 9.70. The molecule has 0 saturated heterocycles. The van der Waals surface area contributed by atoms with Crippen molar-refractivity contribution in [3.63, 3.8) is 0 Å². The van der Waals surface area contributed by atoms with Crippen LogP contribution in [0.5, 0.6) is 5.75 Å². The summed E-state index contributed by atoms with van der Waals surface area (Å²) in [5.41, 5.74) is 1.49. The number of rotatable bonds is 4. The highest BCUT2D eigenvalue weighted by molar-refractivity contribution is 5.87. The molecule has 2 heteroatoms. The molecule has 3 rings (SSSR count). The number of hydrogen-bond acceptors (Lipinski definition) is 2. The zero-order chi connectivity index (χ0) is 13.3. The maximum Gasteiger partial charge on any atom is 0.120 e. The van der Waals surface area contributed by atoms with E-state index in [0.717, 1.165) is 24.0 Å². The van der Waals surface area contributed by atoms with Gasteiger partial charge >= 0.3 is 0 Å². The maximum absolute atomic E-state index is 10.1. The summed E-state index contributed by atoms with van der Waals surface area (Å²) in [6, 6.07) is 12.0. The summed E-state index contributed by atoms with van der Waals surface area (Å²) in [5, 5.41) is 15.9. The van der Waals surface area contributed by atoms with Gasteiger partial charge in [-0.2, -0.15) is 0 Å².